The van der Waals surface area contributed by atoms with Crippen molar-refractivity contribution in [1.82, 2.24) is 15.2 Å². The van der Waals surface area contributed by atoms with E-state index in [-0.39, 0.29) is 11.4 Å². The Morgan fingerprint density at radius 3 is 2.58 bits per heavy atom. The Balaban J connectivity index is 2.05. The first-order valence-corrected chi connectivity index (χ1v) is 7.68. The van der Waals surface area contributed by atoms with Gasteiger partial charge in [-0.15, -0.1) is 11.3 Å². The summed E-state index contributed by atoms with van der Waals surface area (Å²) in [7, 11) is 0. The Hall–Kier alpha value is -0.940. The number of nitrogens with one attached hydrogen (secondary N) is 1. The third kappa shape index (κ3) is 4.01. The monoisotopic (exact) mass is 281 g/mol. The summed E-state index contributed by atoms with van der Waals surface area (Å²) < 4.78 is 0. The standard InChI is InChI=1S/C14H23N3OS/c1-10-12(13(18)16-14(2,3)4)19-11(15-10)9-17-7-5-6-8-17/h5-9H2,1-4H3,(H,16,18). The summed E-state index contributed by atoms with van der Waals surface area (Å²) in [5.41, 5.74) is 0.642. The SMILES string of the molecule is Cc1nc(CN2CCCC2)sc1C(=O)NC(C)(C)C. The van der Waals surface area contributed by atoms with Crippen molar-refractivity contribution >= 4 is 17.2 Å². The number of amides is 1. The fourth-order valence-corrected chi connectivity index (χ4v) is 3.26. The van der Waals surface area contributed by atoms with Crippen molar-refractivity contribution in [2.24, 2.45) is 0 Å². The molecule has 5 heteroatoms. The van der Waals surface area contributed by atoms with Crippen LogP contribution >= 0.6 is 11.3 Å². The van der Waals surface area contributed by atoms with E-state index in [2.05, 4.69) is 15.2 Å². The van der Waals surface area contributed by atoms with Crippen LogP contribution in [0.3, 0.4) is 0 Å². The number of hydrogen-bond donors (Lipinski definition) is 1. The van der Waals surface area contributed by atoms with Crippen LogP contribution in [0, 0.1) is 6.92 Å². The maximum Gasteiger partial charge on any atom is 0.263 e. The molecule has 2 rings (SSSR count). The van der Waals surface area contributed by atoms with Crippen molar-refractivity contribution in [1.29, 1.82) is 0 Å². The highest BCUT2D eigenvalue weighted by Crippen LogP contribution is 2.21. The first-order valence-electron chi connectivity index (χ1n) is 6.86. The van der Waals surface area contributed by atoms with Crippen LogP contribution in [0.25, 0.3) is 0 Å². The first kappa shape index (κ1) is 14.5. The summed E-state index contributed by atoms with van der Waals surface area (Å²) >= 11 is 1.53. The lowest BCUT2D eigenvalue weighted by atomic mass is 10.1. The number of carbonyl (C=O) groups is 1. The summed E-state index contributed by atoms with van der Waals surface area (Å²) in [6.45, 7) is 11.1. The van der Waals surface area contributed by atoms with Gasteiger partial charge in [0.1, 0.15) is 9.88 Å². The van der Waals surface area contributed by atoms with Crippen LogP contribution < -0.4 is 5.32 Å². The molecule has 1 amide bonds. The maximum absolute atomic E-state index is 12.2. The van der Waals surface area contributed by atoms with Crippen molar-refractivity contribution in [3.63, 3.8) is 0 Å². The molecule has 4 nitrogen and oxygen atoms in total. The van der Waals surface area contributed by atoms with E-state index in [0.29, 0.717) is 0 Å². The van der Waals surface area contributed by atoms with Crippen LogP contribution in [0.5, 0.6) is 0 Å². The molecule has 1 saturated heterocycles. The van der Waals surface area contributed by atoms with Crippen LogP contribution in [0.15, 0.2) is 0 Å². The molecule has 0 aliphatic carbocycles. The lowest BCUT2D eigenvalue weighted by Crippen LogP contribution is -2.40. The Labute approximate surface area is 119 Å². The molecule has 0 atom stereocenters. The van der Waals surface area contributed by atoms with Crippen molar-refractivity contribution < 1.29 is 4.79 Å². The number of likely N-dealkylation sites (tertiary alicyclic amines) is 1. The molecule has 0 bridgehead atoms. The van der Waals surface area contributed by atoms with Crippen molar-refractivity contribution in [3.05, 3.63) is 15.6 Å². The van der Waals surface area contributed by atoms with Crippen molar-refractivity contribution in [3.8, 4) is 0 Å². The molecule has 19 heavy (non-hydrogen) atoms. The van der Waals surface area contributed by atoms with Gasteiger partial charge in [0.05, 0.1) is 12.2 Å². The number of rotatable bonds is 3. The third-order valence-electron chi connectivity index (χ3n) is 3.09. The van der Waals surface area contributed by atoms with Crippen LogP contribution in [-0.4, -0.2) is 34.4 Å². The molecular formula is C14H23N3OS. The topological polar surface area (TPSA) is 45.2 Å². The van der Waals surface area contributed by atoms with Gasteiger partial charge >= 0.3 is 0 Å². The lowest BCUT2D eigenvalue weighted by molar-refractivity contribution is 0.0923. The molecule has 0 spiro atoms. The van der Waals surface area contributed by atoms with Crippen molar-refractivity contribution in [2.45, 2.75) is 52.6 Å². The molecule has 1 aromatic rings. The predicted octanol–water partition coefficient (Wildman–Crippen LogP) is 2.58. The minimum atomic E-state index is -0.206. The normalized spacial score (nSPS) is 16.8. The number of nitrogens with zero attached hydrogens (tertiary/aromatic N) is 2. The van der Waals surface area contributed by atoms with E-state index in [4.69, 9.17) is 0 Å². The highest BCUT2D eigenvalue weighted by atomic mass is 32.1. The van der Waals surface area contributed by atoms with E-state index >= 15 is 0 Å². The number of thiazole rings is 1. The van der Waals surface area contributed by atoms with Gasteiger partial charge in [-0.1, -0.05) is 0 Å². The highest BCUT2D eigenvalue weighted by Gasteiger charge is 2.21. The maximum atomic E-state index is 12.2. The minimum absolute atomic E-state index is 0.00447. The predicted molar refractivity (Wildman–Crippen MR) is 78.6 cm³/mol. The van der Waals surface area contributed by atoms with E-state index < -0.39 is 0 Å². The molecule has 2 heterocycles. The molecule has 0 saturated carbocycles. The molecule has 0 radical (unpaired) electrons. The fourth-order valence-electron chi connectivity index (χ4n) is 2.26. The molecule has 0 aromatic carbocycles. The lowest BCUT2D eigenvalue weighted by Gasteiger charge is -2.19. The average molecular weight is 281 g/mol. The van der Waals surface area contributed by atoms with Gasteiger partial charge in [-0.2, -0.15) is 0 Å². The van der Waals surface area contributed by atoms with E-state index in [9.17, 15) is 4.79 Å². The van der Waals surface area contributed by atoms with Crippen LogP contribution in [0.4, 0.5) is 0 Å². The van der Waals surface area contributed by atoms with E-state index in [1.165, 1.54) is 24.2 Å². The number of hydrogen-bond acceptors (Lipinski definition) is 4. The van der Waals surface area contributed by atoms with Gasteiger partial charge < -0.3 is 5.32 Å². The second-order valence-electron chi connectivity index (χ2n) is 6.21. The Morgan fingerprint density at radius 1 is 1.37 bits per heavy atom. The van der Waals surface area contributed by atoms with Gasteiger partial charge in [-0.25, -0.2) is 4.98 Å². The van der Waals surface area contributed by atoms with E-state index in [1.54, 1.807) is 0 Å². The summed E-state index contributed by atoms with van der Waals surface area (Å²) in [5, 5.41) is 4.06. The Morgan fingerprint density at radius 2 is 2.00 bits per heavy atom. The second kappa shape index (κ2) is 5.59. The van der Waals surface area contributed by atoms with E-state index in [1.807, 2.05) is 27.7 Å². The summed E-state index contributed by atoms with van der Waals surface area (Å²) in [5.74, 6) is -0.00447. The van der Waals surface area contributed by atoms with Gasteiger partial charge in [0.2, 0.25) is 0 Å². The highest BCUT2D eigenvalue weighted by molar-refractivity contribution is 7.13. The van der Waals surface area contributed by atoms with Gasteiger partial charge in [-0.3, -0.25) is 9.69 Å². The van der Waals surface area contributed by atoms with Crippen LogP contribution in [0.2, 0.25) is 0 Å². The molecule has 1 fully saturated rings. The van der Waals surface area contributed by atoms with Gasteiger partial charge in [0.25, 0.3) is 5.91 Å². The van der Waals surface area contributed by atoms with Crippen LogP contribution in [-0.2, 0) is 6.54 Å². The molecule has 1 aliphatic rings. The van der Waals surface area contributed by atoms with Gasteiger partial charge in [0, 0.05) is 5.54 Å². The zero-order valence-corrected chi connectivity index (χ0v) is 13.1. The average Bonchev–Trinajstić information content (AvgIpc) is 2.86. The smallest absolute Gasteiger partial charge is 0.263 e. The number of aryl methyl sites for hydroxylation is 1. The molecule has 0 unspecified atom stereocenters. The van der Waals surface area contributed by atoms with Gasteiger partial charge in [-0.05, 0) is 53.6 Å². The summed E-state index contributed by atoms with van der Waals surface area (Å²) in [4.78, 5) is 19.9. The first-order chi connectivity index (χ1) is 8.85. The zero-order chi connectivity index (χ0) is 14.0. The minimum Gasteiger partial charge on any atom is -0.347 e. The fraction of sp³-hybridized carbons (Fsp3) is 0.714. The quantitative estimate of drug-likeness (QED) is 0.926. The largest absolute Gasteiger partial charge is 0.347 e. The number of carbonyl (C=O) groups excluding carboxylic acids is 1. The second-order valence-corrected chi connectivity index (χ2v) is 7.29. The molecule has 1 N–H and O–H groups in total. The molecular weight excluding hydrogens is 258 g/mol. The Bertz CT molecular complexity index is 456. The van der Waals surface area contributed by atoms with Crippen LogP contribution in [0.1, 0.15) is 54.0 Å². The third-order valence-corrected chi connectivity index (χ3v) is 4.23. The zero-order valence-electron chi connectivity index (χ0n) is 12.2. The van der Waals surface area contributed by atoms with Gasteiger partial charge in [0.15, 0.2) is 0 Å². The molecule has 106 valence electrons. The summed E-state index contributed by atoms with van der Waals surface area (Å²) in [6.07, 6.45) is 2.56. The van der Waals surface area contributed by atoms with E-state index in [0.717, 1.165) is 35.2 Å². The molecule has 1 aliphatic heterocycles. The van der Waals surface area contributed by atoms with Crippen molar-refractivity contribution in [2.75, 3.05) is 13.1 Å². The summed E-state index contributed by atoms with van der Waals surface area (Å²) in [6, 6.07) is 0. The number of aromatic nitrogens is 1. The Kier molecular flexibility index (Phi) is 4.26. The molecule has 1 aromatic heterocycles.